The Morgan fingerprint density at radius 1 is 1.07 bits per heavy atom. The number of furan rings is 1. The third-order valence-electron chi connectivity index (χ3n) is 7.04. The van der Waals surface area contributed by atoms with E-state index in [4.69, 9.17) is 13.9 Å². The van der Waals surface area contributed by atoms with Crippen molar-refractivity contribution in [2.45, 2.75) is 57.2 Å². The average molecular weight is 634 g/mol. The van der Waals surface area contributed by atoms with Crippen molar-refractivity contribution in [3.05, 3.63) is 94.1 Å². The zero-order valence-corrected chi connectivity index (χ0v) is 27.0. The molecule has 0 aliphatic carbocycles. The first kappa shape index (κ1) is 31.3. The highest BCUT2D eigenvalue weighted by Crippen LogP contribution is 2.45. The standard InChI is InChI=1S/C33H35N3O6S2/c1-6-40-26-17-23(12-14-24(26)41-16-15-19(2)3)28-27(29(37)25-13-9-21(5)42-25)30(38)31(39)36(28)32-34-35-33(44-32)43-18-22-10-7-20(4)8-11-22/h7-14,17,19,28,38H,6,15-16,18H2,1-5H3. The van der Waals surface area contributed by atoms with Gasteiger partial charge in [-0.25, -0.2) is 0 Å². The van der Waals surface area contributed by atoms with Gasteiger partial charge >= 0.3 is 0 Å². The number of aryl methyl sites for hydroxylation is 2. The van der Waals surface area contributed by atoms with Crippen LogP contribution in [0.2, 0.25) is 0 Å². The Morgan fingerprint density at radius 2 is 1.84 bits per heavy atom. The Labute approximate surface area is 264 Å². The van der Waals surface area contributed by atoms with E-state index in [0.29, 0.717) is 52.0 Å². The second-order valence-electron chi connectivity index (χ2n) is 10.9. The molecule has 11 heteroatoms. The monoisotopic (exact) mass is 633 g/mol. The summed E-state index contributed by atoms with van der Waals surface area (Å²) in [5.41, 5.74) is 2.75. The summed E-state index contributed by atoms with van der Waals surface area (Å²) in [5.74, 6) is 0.734. The van der Waals surface area contributed by atoms with Gasteiger partial charge < -0.3 is 19.0 Å². The van der Waals surface area contributed by atoms with E-state index in [1.54, 1.807) is 31.2 Å². The Bertz CT molecular complexity index is 1670. The Balaban J connectivity index is 1.51. The molecular formula is C33H35N3O6S2. The Morgan fingerprint density at radius 3 is 2.52 bits per heavy atom. The molecule has 1 aliphatic heterocycles. The molecule has 2 aromatic carbocycles. The molecule has 1 amide bonds. The maximum absolute atomic E-state index is 13.8. The second kappa shape index (κ2) is 13.7. The molecule has 2 aromatic heterocycles. The number of nitrogens with zero attached hydrogens (tertiary/aromatic N) is 3. The molecule has 44 heavy (non-hydrogen) atoms. The van der Waals surface area contributed by atoms with E-state index in [2.05, 4.69) is 48.3 Å². The zero-order chi connectivity index (χ0) is 31.4. The van der Waals surface area contributed by atoms with Gasteiger partial charge in [0, 0.05) is 5.75 Å². The van der Waals surface area contributed by atoms with Crippen molar-refractivity contribution < 1.29 is 28.6 Å². The second-order valence-corrected chi connectivity index (χ2v) is 13.1. The molecular weight excluding hydrogens is 599 g/mol. The van der Waals surface area contributed by atoms with E-state index < -0.39 is 23.5 Å². The van der Waals surface area contributed by atoms with Gasteiger partial charge in [0.05, 0.1) is 24.8 Å². The minimum Gasteiger partial charge on any atom is -0.503 e. The number of carbonyl (C=O) groups is 2. The lowest BCUT2D eigenvalue weighted by molar-refractivity contribution is -0.117. The summed E-state index contributed by atoms with van der Waals surface area (Å²) in [6.45, 7) is 10.8. The van der Waals surface area contributed by atoms with E-state index in [1.807, 2.05) is 13.8 Å². The van der Waals surface area contributed by atoms with Gasteiger partial charge in [-0.15, -0.1) is 10.2 Å². The van der Waals surface area contributed by atoms with Crippen molar-refractivity contribution >= 4 is 39.9 Å². The van der Waals surface area contributed by atoms with Gasteiger partial charge in [0.25, 0.3) is 5.91 Å². The number of thioether (sulfide) groups is 1. The number of amides is 1. The molecule has 5 rings (SSSR count). The fourth-order valence-electron chi connectivity index (χ4n) is 4.71. The van der Waals surface area contributed by atoms with Gasteiger partial charge in [0.15, 0.2) is 27.4 Å². The molecule has 9 nitrogen and oxygen atoms in total. The molecule has 1 N–H and O–H groups in total. The molecule has 230 valence electrons. The van der Waals surface area contributed by atoms with Crippen LogP contribution < -0.4 is 14.4 Å². The van der Waals surface area contributed by atoms with Crippen LogP contribution in [-0.4, -0.2) is 40.2 Å². The van der Waals surface area contributed by atoms with Crippen LogP contribution in [-0.2, 0) is 10.5 Å². The van der Waals surface area contributed by atoms with Gasteiger partial charge in [0.2, 0.25) is 10.9 Å². The van der Waals surface area contributed by atoms with Crippen LogP contribution in [0, 0.1) is 19.8 Å². The minimum absolute atomic E-state index is 0.0222. The largest absolute Gasteiger partial charge is 0.503 e. The smallest absolute Gasteiger partial charge is 0.296 e. The average Bonchev–Trinajstić information content (AvgIpc) is 3.71. The van der Waals surface area contributed by atoms with Crippen LogP contribution in [0.15, 0.2) is 74.7 Å². The molecule has 0 bridgehead atoms. The van der Waals surface area contributed by atoms with E-state index in [0.717, 1.165) is 12.0 Å². The molecule has 1 atom stereocenters. The number of ether oxygens (including phenoxy) is 2. The van der Waals surface area contributed by atoms with Gasteiger partial charge in [-0.1, -0.05) is 72.8 Å². The molecule has 4 aromatic rings. The van der Waals surface area contributed by atoms with Crippen LogP contribution in [0.4, 0.5) is 5.13 Å². The molecule has 0 spiro atoms. The summed E-state index contributed by atoms with van der Waals surface area (Å²) in [4.78, 5) is 28.7. The van der Waals surface area contributed by atoms with Gasteiger partial charge in [-0.3, -0.25) is 14.5 Å². The third kappa shape index (κ3) is 6.84. The van der Waals surface area contributed by atoms with Crippen molar-refractivity contribution in [2.75, 3.05) is 18.1 Å². The van der Waals surface area contributed by atoms with Crippen molar-refractivity contribution in [2.24, 2.45) is 5.92 Å². The number of benzene rings is 2. The number of ketones is 1. The van der Waals surface area contributed by atoms with E-state index in [1.165, 1.54) is 39.6 Å². The third-order valence-corrected chi connectivity index (χ3v) is 9.16. The predicted molar refractivity (Wildman–Crippen MR) is 171 cm³/mol. The zero-order valence-electron chi connectivity index (χ0n) is 25.3. The topological polar surface area (TPSA) is 115 Å². The first-order chi connectivity index (χ1) is 21.2. The van der Waals surface area contributed by atoms with Gasteiger partial charge in [0.1, 0.15) is 5.76 Å². The highest BCUT2D eigenvalue weighted by molar-refractivity contribution is 8.00. The number of aromatic nitrogens is 2. The molecule has 0 saturated heterocycles. The number of Topliss-reactive ketones (excluding diaryl/α,β-unsaturated/α-hetero) is 1. The van der Waals surface area contributed by atoms with Crippen LogP contribution in [0.25, 0.3) is 0 Å². The Hall–Kier alpha value is -4.09. The SMILES string of the molecule is CCOc1cc(C2C(C(=O)c3ccc(C)o3)=C(O)C(=O)N2c2nnc(SCc3ccc(C)cc3)s2)ccc1OCCC(C)C. The first-order valence-corrected chi connectivity index (χ1v) is 16.3. The maximum Gasteiger partial charge on any atom is 0.296 e. The fourth-order valence-corrected chi connectivity index (χ4v) is 6.54. The van der Waals surface area contributed by atoms with Gasteiger partial charge in [-0.2, -0.15) is 0 Å². The molecule has 1 aliphatic rings. The van der Waals surface area contributed by atoms with Crippen LogP contribution in [0.5, 0.6) is 11.5 Å². The summed E-state index contributed by atoms with van der Waals surface area (Å²) in [6, 6.07) is 15.7. The highest BCUT2D eigenvalue weighted by atomic mass is 32.2. The normalized spacial score (nSPS) is 15.0. The van der Waals surface area contributed by atoms with Crippen molar-refractivity contribution in [1.29, 1.82) is 0 Å². The summed E-state index contributed by atoms with van der Waals surface area (Å²) >= 11 is 2.72. The van der Waals surface area contributed by atoms with Crippen molar-refractivity contribution in [3.8, 4) is 11.5 Å². The summed E-state index contributed by atoms with van der Waals surface area (Å²) in [5, 5.41) is 20.0. The number of hydrogen-bond donors (Lipinski definition) is 1. The lowest BCUT2D eigenvalue weighted by atomic mass is 9.95. The number of aliphatic hydroxyl groups is 1. The predicted octanol–water partition coefficient (Wildman–Crippen LogP) is 7.65. The number of carbonyl (C=O) groups excluding carboxylic acids is 2. The number of hydrogen-bond acceptors (Lipinski definition) is 10. The minimum atomic E-state index is -1.01. The number of aliphatic hydroxyl groups excluding tert-OH is 1. The van der Waals surface area contributed by atoms with E-state index in [-0.39, 0.29) is 16.5 Å². The van der Waals surface area contributed by atoms with Crippen LogP contribution >= 0.6 is 23.1 Å². The lowest BCUT2D eigenvalue weighted by Crippen LogP contribution is -2.31. The fraction of sp³-hybridized carbons (Fsp3) is 0.333. The molecule has 1 unspecified atom stereocenters. The van der Waals surface area contributed by atoms with Gasteiger partial charge in [-0.05, 0) is 68.5 Å². The van der Waals surface area contributed by atoms with E-state index >= 15 is 0 Å². The van der Waals surface area contributed by atoms with Crippen LogP contribution in [0.3, 0.4) is 0 Å². The lowest BCUT2D eigenvalue weighted by Gasteiger charge is -2.25. The summed E-state index contributed by atoms with van der Waals surface area (Å²) in [6.07, 6.45) is 0.872. The quantitative estimate of drug-likeness (QED) is 0.0901. The molecule has 0 fully saturated rings. The summed E-state index contributed by atoms with van der Waals surface area (Å²) < 4.78 is 18.2. The molecule has 0 radical (unpaired) electrons. The molecule has 3 heterocycles. The highest BCUT2D eigenvalue weighted by Gasteiger charge is 2.47. The number of rotatable bonds is 13. The van der Waals surface area contributed by atoms with Crippen molar-refractivity contribution in [1.82, 2.24) is 10.2 Å². The van der Waals surface area contributed by atoms with Crippen LogP contribution in [0.1, 0.15) is 66.2 Å². The first-order valence-electron chi connectivity index (χ1n) is 14.5. The number of anilines is 1. The summed E-state index contributed by atoms with van der Waals surface area (Å²) in [7, 11) is 0. The van der Waals surface area contributed by atoms with Crippen molar-refractivity contribution in [3.63, 3.8) is 0 Å². The molecule has 0 saturated carbocycles. The van der Waals surface area contributed by atoms with E-state index in [9.17, 15) is 14.7 Å². The maximum atomic E-state index is 13.8. The Kier molecular flexibility index (Phi) is 9.75.